The summed E-state index contributed by atoms with van der Waals surface area (Å²) in [6.45, 7) is 0.223. The van der Waals surface area contributed by atoms with Crippen molar-refractivity contribution in [3.05, 3.63) is 35.4 Å². The number of aryl methyl sites for hydroxylation is 1. The lowest BCUT2D eigenvalue weighted by Crippen LogP contribution is -2.51. The molecule has 1 fully saturated rings. The van der Waals surface area contributed by atoms with E-state index in [0.29, 0.717) is 6.04 Å². The van der Waals surface area contributed by atoms with E-state index in [-0.39, 0.29) is 12.1 Å². The van der Waals surface area contributed by atoms with Crippen LogP contribution in [0.15, 0.2) is 24.3 Å². The molecular weight excluding hydrogens is 198 g/mol. The molecule has 1 unspecified atom stereocenters. The second kappa shape index (κ2) is 3.86. The van der Waals surface area contributed by atoms with Gasteiger partial charge in [0.25, 0.3) is 0 Å². The Kier molecular flexibility index (Phi) is 2.49. The number of hydrogen-bond acceptors (Lipinski definition) is 2. The van der Waals surface area contributed by atoms with Gasteiger partial charge in [-0.3, -0.25) is 0 Å². The molecule has 2 heteroatoms. The third-order valence-corrected chi connectivity index (χ3v) is 4.21. The van der Waals surface area contributed by atoms with Gasteiger partial charge in [-0.05, 0) is 36.8 Å². The summed E-state index contributed by atoms with van der Waals surface area (Å²) in [5.41, 5.74) is 2.58. The van der Waals surface area contributed by atoms with Crippen LogP contribution in [0.4, 0.5) is 0 Å². The highest BCUT2D eigenvalue weighted by atomic mass is 16.3. The lowest BCUT2D eigenvalue weighted by molar-refractivity contribution is 0.127. The molecule has 0 heterocycles. The fraction of sp³-hybridized carbons (Fsp3) is 0.571. The van der Waals surface area contributed by atoms with Crippen LogP contribution < -0.4 is 5.32 Å². The summed E-state index contributed by atoms with van der Waals surface area (Å²) in [5, 5.41) is 13.5. The van der Waals surface area contributed by atoms with Gasteiger partial charge in [-0.25, -0.2) is 0 Å². The van der Waals surface area contributed by atoms with Crippen molar-refractivity contribution in [1.29, 1.82) is 0 Å². The molecule has 0 bridgehead atoms. The van der Waals surface area contributed by atoms with Crippen LogP contribution >= 0.6 is 0 Å². The van der Waals surface area contributed by atoms with E-state index in [9.17, 15) is 5.11 Å². The fourth-order valence-electron chi connectivity index (χ4n) is 2.99. The van der Waals surface area contributed by atoms with E-state index in [2.05, 4.69) is 29.6 Å². The number of rotatable bonds is 3. The van der Waals surface area contributed by atoms with Crippen LogP contribution in [0.3, 0.4) is 0 Å². The third kappa shape index (κ3) is 1.48. The Morgan fingerprint density at radius 1 is 1.31 bits per heavy atom. The number of nitrogens with one attached hydrogen (secondary N) is 1. The van der Waals surface area contributed by atoms with Crippen LogP contribution in [-0.2, 0) is 12.0 Å². The molecule has 1 atom stereocenters. The Balaban J connectivity index is 1.90. The first-order valence-corrected chi connectivity index (χ1v) is 6.31. The first-order valence-electron chi connectivity index (χ1n) is 6.31. The smallest absolute Gasteiger partial charge is 0.0677 e. The average Bonchev–Trinajstić information content (AvgIpc) is 2.64. The van der Waals surface area contributed by atoms with Crippen LogP contribution in [0.1, 0.15) is 36.8 Å². The minimum Gasteiger partial charge on any atom is -0.394 e. The number of hydrogen-bond donors (Lipinski definition) is 2. The molecule has 16 heavy (non-hydrogen) atoms. The summed E-state index contributed by atoms with van der Waals surface area (Å²) < 4.78 is 0. The second-order valence-corrected chi connectivity index (χ2v) is 5.17. The molecule has 1 aromatic carbocycles. The molecule has 86 valence electrons. The zero-order valence-corrected chi connectivity index (χ0v) is 9.58. The Morgan fingerprint density at radius 3 is 2.81 bits per heavy atom. The van der Waals surface area contributed by atoms with Crippen molar-refractivity contribution in [2.45, 2.75) is 43.7 Å². The van der Waals surface area contributed by atoms with E-state index in [4.69, 9.17) is 0 Å². The van der Waals surface area contributed by atoms with Gasteiger partial charge in [0.2, 0.25) is 0 Å². The van der Waals surface area contributed by atoms with Gasteiger partial charge >= 0.3 is 0 Å². The zero-order valence-electron chi connectivity index (χ0n) is 9.58. The summed E-state index contributed by atoms with van der Waals surface area (Å²) in [7, 11) is 0. The van der Waals surface area contributed by atoms with E-state index >= 15 is 0 Å². The lowest BCUT2D eigenvalue weighted by atomic mass is 9.86. The molecular formula is C14H19NO. The van der Waals surface area contributed by atoms with Gasteiger partial charge in [0, 0.05) is 6.04 Å². The van der Waals surface area contributed by atoms with Gasteiger partial charge in [-0.2, -0.15) is 0 Å². The maximum absolute atomic E-state index is 9.77. The van der Waals surface area contributed by atoms with Crippen LogP contribution in [-0.4, -0.2) is 17.8 Å². The first kappa shape index (κ1) is 10.3. The van der Waals surface area contributed by atoms with Crippen molar-refractivity contribution >= 4 is 0 Å². The Hall–Kier alpha value is -0.860. The summed E-state index contributed by atoms with van der Waals surface area (Å²) in [6, 6.07) is 9.16. The molecule has 0 saturated heterocycles. The predicted molar refractivity (Wildman–Crippen MR) is 64.3 cm³/mol. The van der Waals surface area contributed by atoms with Gasteiger partial charge in [-0.1, -0.05) is 30.7 Å². The van der Waals surface area contributed by atoms with Crippen molar-refractivity contribution in [1.82, 2.24) is 5.32 Å². The van der Waals surface area contributed by atoms with Crippen molar-refractivity contribution in [3.63, 3.8) is 0 Å². The normalized spacial score (nSPS) is 28.8. The molecule has 2 aliphatic rings. The fourth-order valence-corrected chi connectivity index (χ4v) is 2.99. The molecule has 0 spiro atoms. The van der Waals surface area contributed by atoms with Gasteiger partial charge in [0.1, 0.15) is 0 Å². The molecule has 3 rings (SSSR count). The summed E-state index contributed by atoms with van der Waals surface area (Å²) in [6.07, 6.45) is 6.00. The summed E-state index contributed by atoms with van der Waals surface area (Å²) in [4.78, 5) is 0. The molecule has 1 saturated carbocycles. The largest absolute Gasteiger partial charge is 0.394 e. The van der Waals surface area contributed by atoms with Crippen LogP contribution in [0.5, 0.6) is 0 Å². The van der Waals surface area contributed by atoms with E-state index in [1.54, 1.807) is 0 Å². The third-order valence-electron chi connectivity index (χ3n) is 4.21. The molecule has 2 nitrogen and oxygen atoms in total. The SMILES string of the molecule is OCC1(NC2CCC2)CCc2ccccc21. The number of aliphatic hydroxyl groups is 1. The van der Waals surface area contributed by atoms with E-state index < -0.39 is 0 Å². The standard InChI is InChI=1S/C14H19NO/c16-10-14(15-12-5-3-6-12)9-8-11-4-1-2-7-13(11)14/h1-2,4,7,12,15-16H,3,5-6,8-10H2. The minimum atomic E-state index is -0.151. The number of benzene rings is 1. The topological polar surface area (TPSA) is 32.3 Å². The quantitative estimate of drug-likeness (QED) is 0.811. The Labute approximate surface area is 96.7 Å². The number of fused-ring (bicyclic) bond motifs is 1. The second-order valence-electron chi connectivity index (χ2n) is 5.17. The lowest BCUT2D eigenvalue weighted by Gasteiger charge is -2.38. The molecule has 0 radical (unpaired) electrons. The van der Waals surface area contributed by atoms with Crippen LogP contribution in [0.25, 0.3) is 0 Å². The Bertz CT molecular complexity index is 386. The van der Waals surface area contributed by atoms with Gasteiger partial charge in [0.05, 0.1) is 12.1 Å². The molecule has 0 amide bonds. The van der Waals surface area contributed by atoms with Gasteiger partial charge in [0.15, 0.2) is 0 Å². The average molecular weight is 217 g/mol. The highest BCUT2D eigenvalue weighted by Gasteiger charge is 2.40. The van der Waals surface area contributed by atoms with Gasteiger partial charge < -0.3 is 10.4 Å². The highest BCUT2D eigenvalue weighted by molar-refractivity contribution is 5.39. The van der Waals surface area contributed by atoms with Crippen molar-refractivity contribution in [2.24, 2.45) is 0 Å². The molecule has 0 aromatic heterocycles. The van der Waals surface area contributed by atoms with E-state index in [0.717, 1.165) is 12.8 Å². The highest BCUT2D eigenvalue weighted by Crippen LogP contribution is 2.38. The van der Waals surface area contributed by atoms with E-state index in [1.807, 2.05) is 0 Å². The number of aliphatic hydroxyl groups excluding tert-OH is 1. The summed E-state index contributed by atoms with van der Waals surface area (Å²) in [5.74, 6) is 0. The Morgan fingerprint density at radius 2 is 2.12 bits per heavy atom. The van der Waals surface area contributed by atoms with Crippen LogP contribution in [0.2, 0.25) is 0 Å². The maximum atomic E-state index is 9.77. The molecule has 1 aromatic rings. The zero-order chi connectivity index (χ0) is 11.0. The minimum absolute atomic E-state index is 0.151. The monoisotopic (exact) mass is 217 g/mol. The predicted octanol–water partition coefficient (Wildman–Crippen LogP) is 1.96. The van der Waals surface area contributed by atoms with E-state index in [1.165, 1.54) is 30.4 Å². The van der Waals surface area contributed by atoms with Crippen LogP contribution in [0, 0.1) is 0 Å². The first-order chi connectivity index (χ1) is 7.84. The molecule has 0 aliphatic heterocycles. The van der Waals surface area contributed by atoms with Crippen molar-refractivity contribution < 1.29 is 5.11 Å². The van der Waals surface area contributed by atoms with Crippen molar-refractivity contribution in [2.75, 3.05) is 6.61 Å². The molecule has 2 aliphatic carbocycles. The van der Waals surface area contributed by atoms with Crippen molar-refractivity contribution in [3.8, 4) is 0 Å². The molecule has 2 N–H and O–H groups in total. The van der Waals surface area contributed by atoms with Gasteiger partial charge in [-0.15, -0.1) is 0 Å². The summed E-state index contributed by atoms with van der Waals surface area (Å²) >= 11 is 0. The maximum Gasteiger partial charge on any atom is 0.0677 e.